The molecule has 5 rings (SSSR count). The molecule has 1 atom stereocenters. The lowest BCUT2D eigenvalue weighted by Gasteiger charge is -2.44. The first-order chi connectivity index (χ1) is 11.7. The molecule has 5 nitrogen and oxygen atoms in total. The maximum absolute atomic E-state index is 12.2. The highest BCUT2D eigenvalue weighted by atomic mass is 32.1. The molecule has 126 valence electrons. The predicted molar refractivity (Wildman–Crippen MR) is 93.5 cm³/mol. The number of nitrogens with one attached hydrogen (secondary N) is 1. The Bertz CT molecular complexity index is 737. The fraction of sp³-hybridized carbons (Fsp3) is 0.389. The maximum Gasteiger partial charge on any atom is 0.413 e. The molecule has 24 heavy (non-hydrogen) atoms. The Labute approximate surface area is 144 Å². The van der Waals surface area contributed by atoms with Gasteiger partial charge in [-0.05, 0) is 61.7 Å². The summed E-state index contributed by atoms with van der Waals surface area (Å²) in [7, 11) is 0. The van der Waals surface area contributed by atoms with E-state index in [9.17, 15) is 9.90 Å². The summed E-state index contributed by atoms with van der Waals surface area (Å²) >= 11 is 1.40. The van der Waals surface area contributed by atoms with Gasteiger partial charge in [0.05, 0.1) is 0 Å². The Hall–Kier alpha value is -2.05. The molecule has 2 aromatic rings. The average Bonchev–Trinajstić information content (AvgIpc) is 3.04. The van der Waals surface area contributed by atoms with Crippen molar-refractivity contribution < 1.29 is 14.6 Å². The Morgan fingerprint density at radius 2 is 2.08 bits per heavy atom. The number of aromatic hydroxyl groups is 1. The van der Waals surface area contributed by atoms with Crippen LogP contribution in [0.4, 0.5) is 4.79 Å². The Kier molecular flexibility index (Phi) is 4.16. The highest BCUT2D eigenvalue weighted by molar-refractivity contribution is 7.17. The molecule has 0 aliphatic carbocycles. The van der Waals surface area contributed by atoms with Gasteiger partial charge < -0.3 is 20.1 Å². The van der Waals surface area contributed by atoms with E-state index in [1.54, 1.807) is 24.3 Å². The number of thiophene rings is 1. The number of piperidine rings is 3. The summed E-state index contributed by atoms with van der Waals surface area (Å²) in [5.74, 6) is 0.803. The fourth-order valence-corrected chi connectivity index (χ4v) is 4.44. The van der Waals surface area contributed by atoms with E-state index in [0.29, 0.717) is 11.0 Å². The third-order valence-corrected chi connectivity index (χ3v) is 5.88. The lowest BCUT2D eigenvalue weighted by Crippen LogP contribution is -2.57. The second-order valence-electron chi connectivity index (χ2n) is 6.45. The molecule has 1 aromatic carbocycles. The van der Waals surface area contributed by atoms with E-state index in [4.69, 9.17) is 4.74 Å². The van der Waals surface area contributed by atoms with Crippen molar-refractivity contribution in [1.82, 2.24) is 10.2 Å². The fourth-order valence-electron chi connectivity index (χ4n) is 3.59. The van der Waals surface area contributed by atoms with Crippen LogP contribution in [0.25, 0.3) is 10.4 Å². The minimum Gasteiger partial charge on any atom is -0.508 e. The summed E-state index contributed by atoms with van der Waals surface area (Å²) in [5.41, 5.74) is 0.910. The summed E-state index contributed by atoms with van der Waals surface area (Å²) in [6, 6.07) is 10.9. The van der Waals surface area contributed by atoms with Crippen molar-refractivity contribution in [3.8, 4) is 21.3 Å². The van der Waals surface area contributed by atoms with Crippen molar-refractivity contribution >= 4 is 17.4 Å². The SMILES string of the molecule is O=C(NC1CN2CCC1CC2)Oc1ccc(-c2cccc(O)c2)s1. The lowest BCUT2D eigenvalue weighted by molar-refractivity contribution is 0.0726. The van der Waals surface area contributed by atoms with Gasteiger partial charge in [0.15, 0.2) is 5.06 Å². The zero-order valence-corrected chi connectivity index (χ0v) is 14.1. The van der Waals surface area contributed by atoms with E-state index >= 15 is 0 Å². The quantitative estimate of drug-likeness (QED) is 0.897. The van der Waals surface area contributed by atoms with Crippen LogP contribution in [0.15, 0.2) is 36.4 Å². The normalized spacial score (nSPS) is 25.4. The van der Waals surface area contributed by atoms with Crippen LogP contribution in [0.3, 0.4) is 0 Å². The summed E-state index contributed by atoms with van der Waals surface area (Å²) in [4.78, 5) is 15.5. The molecule has 0 saturated carbocycles. The first-order valence-corrected chi connectivity index (χ1v) is 9.09. The number of amides is 1. The van der Waals surface area contributed by atoms with Crippen LogP contribution in [0.2, 0.25) is 0 Å². The van der Waals surface area contributed by atoms with Crippen LogP contribution >= 0.6 is 11.3 Å². The number of nitrogens with zero attached hydrogens (tertiary/aromatic N) is 1. The average molecular weight is 344 g/mol. The third-order valence-electron chi connectivity index (χ3n) is 4.86. The predicted octanol–water partition coefficient (Wildman–Crippen LogP) is 3.30. The molecule has 4 heterocycles. The standard InChI is InChI=1S/C18H20N2O3S/c21-14-3-1-2-13(10-14)16-4-5-17(24-16)23-18(22)19-15-11-20-8-6-12(15)7-9-20/h1-5,10,12,15,21H,6-9,11H2,(H,19,22). The monoisotopic (exact) mass is 344 g/mol. The molecule has 3 saturated heterocycles. The number of hydrogen-bond acceptors (Lipinski definition) is 5. The van der Waals surface area contributed by atoms with Gasteiger partial charge >= 0.3 is 6.09 Å². The van der Waals surface area contributed by atoms with Crippen molar-refractivity contribution in [3.63, 3.8) is 0 Å². The molecule has 2 bridgehead atoms. The Balaban J connectivity index is 1.38. The first-order valence-electron chi connectivity index (χ1n) is 8.27. The number of carbonyl (C=O) groups excluding carboxylic acids is 1. The number of phenolic OH excluding ortho intramolecular Hbond substituents is 1. The van der Waals surface area contributed by atoms with Gasteiger partial charge in [0.2, 0.25) is 0 Å². The van der Waals surface area contributed by atoms with Gasteiger partial charge in [0.25, 0.3) is 0 Å². The zero-order valence-electron chi connectivity index (χ0n) is 13.3. The first kappa shape index (κ1) is 15.5. The van der Waals surface area contributed by atoms with Crippen molar-refractivity contribution in [2.24, 2.45) is 5.92 Å². The minimum absolute atomic E-state index is 0.200. The number of fused-ring (bicyclic) bond motifs is 3. The third kappa shape index (κ3) is 3.25. The minimum atomic E-state index is -0.377. The smallest absolute Gasteiger partial charge is 0.413 e. The van der Waals surface area contributed by atoms with Gasteiger partial charge in [0, 0.05) is 17.5 Å². The van der Waals surface area contributed by atoms with Crippen molar-refractivity contribution in [2.75, 3.05) is 19.6 Å². The van der Waals surface area contributed by atoms with Gasteiger partial charge in [-0.25, -0.2) is 4.79 Å². The van der Waals surface area contributed by atoms with Gasteiger partial charge in [-0.1, -0.05) is 23.5 Å². The molecular weight excluding hydrogens is 324 g/mol. The summed E-state index contributed by atoms with van der Waals surface area (Å²) in [6.07, 6.45) is 1.94. The van der Waals surface area contributed by atoms with Gasteiger partial charge in [-0.2, -0.15) is 0 Å². The Morgan fingerprint density at radius 3 is 2.79 bits per heavy atom. The molecule has 1 amide bonds. The second-order valence-corrected chi connectivity index (χ2v) is 7.49. The topological polar surface area (TPSA) is 61.8 Å². The maximum atomic E-state index is 12.2. The molecule has 3 aliphatic heterocycles. The molecule has 6 heteroatoms. The molecule has 1 unspecified atom stereocenters. The van der Waals surface area contributed by atoms with Crippen molar-refractivity contribution in [3.05, 3.63) is 36.4 Å². The molecule has 1 aromatic heterocycles. The summed E-state index contributed by atoms with van der Waals surface area (Å²) in [6.45, 7) is 3.23. The zero-order chi connectivity index (χ0) is 16.5. The van der Waals surface area contributed by atoms with E-state index in [2.05, 4.69) is 10.2 Å². The number of ether oxygens (including phenoxy) is 1. The van der Waals surface area contributed by atoms with Gasteiger partial charge in [0.1, 0.15) is 5.75 Å². The number of phenols is 1. The van der Waals surface area contributed by atoms with Crippen LogP contribution in [-0.2, 0) is 0 Å². The van der Waals surface area contributed by atoms with Crippen LogP contribution < -0.4 is 10.1 Å². The molecule has 3 aliphatic rings. The van der Waals surface area contributed by atoms with E-state index < -0.39 is 0 Å². The number of rotatable bonds is 3. The summed E-state index contributed by atoms with van der Waals surface area (Å²) in [5, 5.41) is 13.1. The van der Waals surface area contributed by atoms with Crippen LogP contribution in [0, 0.1) is 5.92 Å². The Morgan fingerprint density at radius 1 is 1.25 bits per heavy atom. The van der Waals surface area contributed by atoms with E-state index in [-0.39, 0.29) is 17.9 Å². The number of benzene rings is 1. The van der Waals surface area contributed by atoms with Crippen molar-refractivity contribution in [1.29, 1.82) is 0 Å². The van der Waals surface area contributed by atoms with Crippen molar-refractivity contribution in [2.45, 2.75) is 18.9 Å². The molecule has 2 N–H and O–H groups in total. The highest BCUT2D eigenvalue weighted by Crippen LogP contribution is 2.34. The molecule has 3 fully saturated rings. The number of carbonyl (C=O) groups is 1. The molecule has 0 spiro atoms. The van der Waals surface area contributed by atoms with Crippen LogP contribution in [-0.4, -0.2) is 41.8 Å². The largest absolute Gasteiger partial charge is 0.508 e. The highest BCUT2D eigenvalue weighted by Gasteiger charge is 2.35. The van der Waals surface area contributed by atoms with E-state index in [1.165, 1.54) is 11.3 Å². The van der Waals surface area contributed by atoms with Crippen LogP contribution in [0.5, 0.6) is 10.8 Å². The van der Waals surface area contributed by atoms with Crippen LogP contribution in [0.1, 0.15) is 12.8 Å². The van der Waals surface area contributed by atoms with E-state index in [0.717, 1.165) is 42.9 Å². The second kappa shape index (κ2) is 6.45. The molecule has 0 radical (unpaired) electrons. The lowest BCUT2D eigenvalue weighted by atomic mass is 9.84. The van der Waals surface area contributed by atoms with E-state index in [1.807, 2.05) is 12.1 Å². The van der Waals surface area contributed by atoms with Gasteiger partial charge in [-0.15, -0.1) is 0 Å². The van der Waals surface area contributed by atoms with Gasteiger partial charge in [-0.3, -0.25) is 0 Å². The summed E-state index contributed by atoms with van der Waals surface area (Å²) < 4.78 is 5.44. The number of hydrogen-bond donors (Lipinski definition) is 2. The molecular formula is C18H20N2O3S.